The van der Waals surface area contributed by atoms with E-state index in [4.69, 9.17) is 0 Å². The molecule has 0 amide bonds. The van der Waals surface area contributed by atoms with Crippen LogP contribution in [0.5, 0.6) is 0 Å². The maximum Gasteiger partial charge on any atom is 0.242 e. The largest absolute Gasteiger partial charge is 0.242 e. The van der Waals surface area contributed by atoms with Crippen LogP contribution in [0.3, 0.4) is 0 Å². The lowest BCUT2D eigenvalue weighted by Crippen LogP contribution is -2.59. The first-order chi connectivity index (χ1) is 21.2. The third kappa shape index (κ3) is 6.52. The molecular formula is C42H47B2Br. The van der Waals surface area contributed by atoms with E-state index in [1.807, 2.05) is 0 Å². The Labute approximate surface area is 282 Å². The molecule has 228 valence electrons. The maximum absolute atomic E-state index is 4.03. The van der Waals surface area contributed by atoms with Gasteiger partial charge in [-0.25, -0.2) is 0 Å². The van der Waals surface area contributed by atoms with E-state index in [1.54, 1.807) is 0 Å². The van der Waals surface area contributed by atoms with Gasteiger partial charge in [0.2, 0.25) is 13.4 Å². The number of hydrogen-bond donors (Lipinski definition) is 0. The first-order valence-corrected chi connectivity index (χ1v) is 17.1. The Morgan fingerprint density at radius 1 is 0.311 bits per heavy atom. The van der Waals surface area contributed by atoms with E-state index in [0.717, 1.165) is 4.47 Å². The van der Waals surface area contributed by atoms with E-state index in [2.05, 4.69) is 166 Å². The zero-order valence-electron chi connectivity index (χ0n) is 29.4. The molecule has 5 rings (SSSR count). The highest BCUT2D eigenvalue weighted by Gasteiger charge is 2.33. The number of aryl methyl sites for hydroxylation is 12. The number of benzene rings is 5. The van der Waals surface area contributed by atoms with Crippen molar-refractivity contribution < 1.29 is 0 Å². The van der Waals surface area contributed by atoms with Crippen LogP contribution in [0.15, 0.2) is 71.2 Å². The summed E-state index contributed by atoms with van der Waals surface area (Å²) in [6, 6.07) is 26.1. The van der Waals surface area contributed by atoms with Crippen molar-refractivity contribution in [1.29, 1.82) is 0 Å². The van der Waals surface area contributed by atoms with Crippen molar-refractivity contribution in [3.05, 3.63) is 138 Å². The third-order valence-electron chi connectivity index (χ3n) is 9.72. The number of hydrogen-bond acceptors (Lipinski definition) is 0. The van der Waals surface area contributed by atoms with E-state index in [9.17, 15) is 0 Å². The minimum absolute atomic E-state index is 0.114. The Hall–Kier alpha value is -3.29. The van der Waals surface area contributed by atoms with Crippen LogP contribution in [0.2, 0.25) is 0 Å². The second-order valence-corrected chi connectivity index (χ2v) is 14.8. The highest BCUT2D eigenvalue weighted by Crippen LogP contribution is 2.17. The molecular weight excluding hydrogens is 606 g/mol. The van der Waals surface area contributed by atoms with Crippen LogP contribution in [0.4, 0.5) is 0 Å². The Kier molecular flexibility index (Phi) is 9.44. The Balaban J connectivity index is 1.88. The minimum Gasteiger partial charge on any atom is -0.0716 e. The van der Waals surface area contributed by atoms with E-state index in [0.29, 0.717) is 0 Å². The van der Waals surface area contributed by atoms with Crippen LogP contribution in [0.25, 0.3) is 0 Å². The molecule has 0 heterocycles. The maximum atomic E-state index is 4.03. The molecule has 0 aliphatic carbocycles. The first kappa shape index (κ1) is 33.1. The summed E-state index contributed by atoms with van der Waals surface area (Å²) in [5, 5.41) is 0. The smallest absolute Gasteiger partial charge is 0.0716 e. The lowest BCUT2D eigenvalue weighted by atomic mass is 9.31. The summed E-state index contributed by atoms with van der Waals surface area (Å²) in [7, 11) is 0. The van der Waals surface area contributed by atoms with Crippen molar-refractivity contribution in [3.8, 4) is 0 Å². The predicted molar refractivity (Wildman–Crippen MR) is 206 cm³/mol. The van der Waals surface area contributed by atoms with E-state index in [-0.39, 0.29) is 13.4 Å². The molecule has 0 radical (unpaired) electrons. The molecule has 0 saturated heterocycles. The molecule has 0 bridgehead atoms. The van der Waals surface area contributed by atoms with Crippen LogP contribution >= 0.6 is 15.9 Å². The standard InChI is InChI=1S/C42H47B2Br/c1-24-13-28(5)39(29(6)14-24)43(40-30(7)15-25(2)16-31(40)8)36-21-37(23-38(45)22-36)44(41-32(9)17-26(3)18-33(41)10)42-34(11)19-27(4)20-35(42)12/h13-23H,1-12H3. The Bertz CT molecular complexity index is 1600. The van der Waals surface area contributed by atoms with Crippen LogP contribution < -0.4 is 32.8 Å². The van der Waals surface area contributed by atoms with Gasteiger partial charge in [-0.2, -0.15) is 0 Å². The van der Waals surface area contributed by atoms with Crippen LogP contribution in [-0.2, 0) is 0 Å². The summed E-state index contributed by atoms with van der Waals surface area (Å²) in [4.78, 5) is 0. The van der Waals surface area contributed by atoms with Crippen molar-refractivity contribution in [2.45, 2.75) is 83.1 Å². The molecule has 45 heavy (non-hydrogen) atoms. The van der Waals surface area contributed by atoms with Crippen molar-refractivity contribution >= 4 is 62.1 Å². The summed E-state index contributed by atoms with van der Waals surface area (Å²) in [5.41, 5.74) is 24.4. The van der Waals surface area contributed by atoms with Crippen LogP contribution in [0, 0.1) is 83.1 Å². The lowest BCUT2D eigenvalue weighted by molar-refractivity contribution is 1.34. The van der Waals surface area contributed by atoms with Gasteiger partial charge in [-0.15, -0.1) is 0 Å². The third-order valence-corrected chi connectivity index (χ3v) is 10.2. The van der Waals surface area contributed by atoms with Crippen molar-refractivity contribution in [3.63, 3.8) is 0 Å². The van der Waals surface area contributed by atoms with E-state index in [1.165, 1.54) is 99.5 Å². The van der Waals surface area contributed by atoms with Crippen LogP contribution in [0.1, 0.15) is 66.8 Å². The summed E-state index contributed by atoms with van der Waals surface area (Å²) < 4.78 is 1.12. The molecule has 0 fully saturated rings. The first-order valence-electron chi connectivity index (χ1n) is 16.3. The summed E-state index contributed by atoms with van der Waals surface area (Å²) in [6.45, 7) is 27.4. The predicted octanol–water partition coefficient (Wildman–Crippen LogP) is 7.18. The quantitative estimate of drug-likeness (QED) is 0.171. The van der Waals surface area contributed by atoms with Gasteiger partial charge in [-0.05, 0) is 83.1 Å². The Morgan fingerprint density at radius 3 is 0.711 bits per heavy atom. The molecule has 0 saturated carbocycles. The molecule has 0 aliphatic heterocycles. The van der Waals surface area contributed by atoms with Gasteiger partial charge in [0.05, 0.1) is 0 Å². The monoisotopic (exact) mass is 652 g/mol. The SMILES string of the molecule is Cc1cc(C)c(B(c2cc(Br)cc(B(c3c(C)cc(C)cc3C)c3c(C)cc(C)cc3C)c2)c2c(C)cc(C)cc2C)c(C)c1. The fourth-order valence-electron chi connectivity index (χ4n) is 8.51. The molecule has 0 aliphatic rings. The topological polar surface area (TPSA) is 0 Å². The van der Waals surface area contributed by atoms with E-state index >= 15 is 0 Å². The average molecular weight is 653 g/mol. The molecule has 0 unspecified atom stereocenters. The summed E-state index contributed by atoms with van der Waals surface area (Å²) in [6.07, 6.45) is 0. The normalized spacial score (nSPS) is 11.2. The van der Waals surface area contributed by atoms with Gasteiger partial charge in [0.15, 0.2) is 0 Å². The van der Waals surface area contributed by atoms with Crippen molar-refractivity contribution in [1.82, 2.24) is 0 Å². The highest BCUT2D eigenvalue weighted by molar-refractivity contribution is 9.10. The summed E-state index contributed by atoms with van der Waals surface area (Å²) in [5.74, 6) is 0. The van der Waals surface area contributed by atoms with Gasteiger partial charge in [0.25, 0.3) is 0 Å². The van der Waals surface area contributed by atoms with Gasteiger partial charge < -0.3 is 0 Å². The second kappa shape index (κ2) is 12.8. The van der Waals surface area contributed by atoms with Gasteiger partial charge in [-0.1, -0.05) is 182 Å². The molecule has 0 aromatic heterocycles. The number of halogens is 1. The minimum atomic E-state index is 0.114. The van der Waals surface area contributed by atoms with Gasteiger partial charge >= 0.3 is 0 Å². The van der Waals surface area contributed by atoms with Crippen molar-refractivity contribution in [2.75, 3.05) is 0 Å². The fraction of sp³-hybridized carbons (Fsp3) is 0.286. The van der Waals surface area contributed by atoms with Crippen molar-refractivity contribution in [2.24, 2.45) is 0 Å². The summed E-state index contributed by atoms with van der Waals surface area (Å²) >= 11 is 4.03. The van der Waals surface area contributed by atoms with Gasteiger partial charge in [0.1, 0.15) is 0 Å². The average Bonchev–Trinajstić information content (AvgIpc) is 2.88. The molecule has 5 aromatic carbocycles. The molecule has 0 spiro atoms. The van der Waals surface area contributed by atoms with Gasteiger partial charge in [-0.3, -0.25) is 0 Å². The Morgan fingerprint density at radius 2 is 0.511 bits per heavy atom. The van der Waals surface area contributed by atoms with Gasteiger partial charge in [0, 0.05) is 4.47 Å². The molecule has 0 nitrogen and oxygen atoms in total. The lowest BCUT2D eigenvalue weighted by Gasteiger charge is -2.28. The second-order valence-electron chi connectivity index (χ2n) is 13.9. The molecule has 0 atom stereocenters. The molecule has 3 heteroatoms. The van der Waals surface area contributed by atoms with E-state index < -0.39 is 0 Å². The highest BCUT2D eigenvalue weighted by atomic mass is 79.9. The molecule has 5 aromatic rings. The molecule has 0 N–H and O–H groups in total. The van der Waals surface area contributed by atoms with Crippen LogP contribution in [-0.4, -0.2) is 13.4 Å². The number of rotatable bonds is 6. The fourth-order valence-corrected chi connectivity index (χ4v) is 9.04. The zero-order valence-corrected chi connectivity index (χ0v) is 31.0. The zero-order chi connectivity index (χ0) is 32.9.